The Hall–Kier alpha value is -1.83. The third kappa shape index (κ3) is 7.36. The predicted molar refractivity (Wildman–Crippen MR) is 102 cm³/mol. The van der Waals surface area contributed by atoms with Crippen LogP contribution >= 0.6 is 0 Å². The monoisotopic (exact) mass is 382 g/mol. The van der Waals surface area contributed by atoms with E-state index < -0.39 is 0 Å². The third-order valence-corrected chi connectivity index (χ3v) is 5.39. The first-order valence-corrected chi connectivity index (χ1v) is 10.2. The second-order valence-electron chi connectivity index (χ2n) is 7.74. The normalized spacial score (nSPS) is 21.6. The molecule has 27 heavy (non-hydrogen) atoms. The molecule has 0 aliphatic carbocycles. The molecule has 1 unspecified atom stereocenters. The molecular weight excluding hydrogens is 348 g/mol. The molecule has 3 amide bonds. The number of ether oxygens (including phenoxy) is 1. The zero-order chi connectivity index (χ0) is 19.6. The number of amides is 3. The lowest BCUT2D eigenvalue weighted by atomic mass is 9.95. The third-order valence-electron chi connectivity index (χ3n) is 5.39. The molecule has 0 aromatic rings. The summed E-state index contributed by atoms with van der Waals surface area (Å²) in [5.41, 5.74) is 5.10. The van der Waals surface area contributed by atoms with Crippen LogP contribution in [0.4, 0.5) is 4.79 Å². The van der Waals surface area contributed by atoms with E-state index >= 15 is 0 Å². The number of hydrogen-bond acceptors (Lipinski definition) is 5. The Kier molecular flexibility index (Phi) is 8.84. The lowest BCUT2D eigenvalue weighted by molar-refractivity contribution is -0.132. The second kappa shape index (κ2) is 11.1. The minimum absolute atomic E-state index is 0.0374. The average Bonchev–Trinajstić information content (AvgIpc) is 2.67. The van der Waals surface area contributed by atoms with Crippen molar-refractivity contribution in [3.8, 4) is 0 Å². The van der Waals surface area contributed by atoms with Crippen molar-refractivity contribution >= 4 is 17.9 Å². The highest BCUT2D eigenvalue weighted by molar-refractivity contribution is 5.83. The number of carbonyl (C=O) groups excluding carboxylic acids is 3. The first kappa shape index (κ1) is 21.5. The molecule has 2 N–H and O–H groups in total. The summed E-state index contributed by atoms with van der Waals surface area (Å²) in [5.74, 6) is -0.258. The number of carbonyl (C=O) groups is 3. The van der Waals surface area contributed by atoms with Gasteiger partial charge in [0.15, 0.2) is 0 Å². The van der Waals surface area contributed by atoms with Crippen LogP contribution in [0.15, 0.2) is 0 Å². The molecule has 0 aromatic heterocycles. The van der Waals surface area contributed by atoms with Gasteiger partial charge in [0.1, 0.15) is 0 Å². The number of nitrogens with one attached hydrogen (secondary N) is 2. The van der Waals surface area contributed by atoms with E-state index in [-0.39, 0.29) is 29.7 Å². The van der Waals surface area contributed by atoms with Crippen molar-refractivity contribution in [2.75, 3.05) is 39.8 Å². The summed E-state index contributed by atoms with van der Waals surface area (Å²) in [4.78, 5) is 40.3. The van der Waals surface area contributed by atoms with E-state index in [0.717, 1.165) is 51.6 Å². The van der Waals surface area contributed by atoms with E-state index in [1.54, 1.807) is 4.90 Å². The number of unbranched alkanes of at least 4 members (excludes halogenated alkanes) is 1. The summed E-state index contributed by atoms with van der Waals surface area (Å²) < 4.78 is 5.25. The highest BCUT2D eigenvalue weighted by atomic mass is 16.6. The molecule has 8 nitrogen and oxygen atoms in total. The lowest BCUT2D eigenvalue weighted by Gasteiger charge is -2.32. The van der Waals surface area contributed by atoms with E-state index in [9.17, 15) is 14.4 Å². The van der Waals surface area contributed by atoms with Crippen molar-refractivity contribution in [3.63, 3.8) is 0 Å². The number of nitrogens with zero attached hydrogens (tertiary/aromatic N) is 2. The molecule has 2 heterocycles. The SMILES string of the molecule is CCCCOC(=O)N1CCCC(CC(=O)NNC(=O)C2CCN(C)CC2)C1. The Morgan fingerprint density at radius 1 is 1.07 bits per heavy atom. The summed E-state index contributed by atoms with van der Waals surface area (Å²) in [5, 5.41) is 0. The predicted octanol–water partition coefficient (Wildman–Crippen LogP) is 1.51. The van der Waals surface area contributed by atoms with Gasteiger partial charge in [0.25, 0.3) is 0 Å². The fourth-order valence-electron chi connectivity index (χ4n) is 3.61. The highest BCUT2D eigenvalue weighted by Crippen LogP contribution is 2.20. The van der Waals surface area contributed by atoms with E-state index in [0.29, 0.717) is 26.1 Å². The number of rotatable bonds is 6. The van der Waals surface area contributed by atoms with Gasteiger partial charge in [0.05, 0.1) is 6.61 Å². The fraction of sp³-hybridized carbons (Fsp3) is 0.842. The van der Waals surface area contributed by atoms with Crippen LogP contribution in [0.5, 0.6) is 0 Å². The first-order valence-electron chi connectivity index (χ1n) is 10.2. The quantitative estimate of drug-likeness (QED) is 0.537. The van der Waals surface area contributed by atoms with Crippen LogP contribution in [0, 0.1) is 11.8 Å². The lowest BCUT2D eigenvalue weighted by Crippen LogP contribution is -2.48. The molecule has 154 valence electrons. The van der Waals surface area contributed by atoms with E-state index in [2.05, 4.69) is 22.7 Å². The van der Waals surface area contributed by atoms with Gasteiger partial charge in [-0.3, -0.25) is 20.4 Å². The largest absolute Gasteiger partial charge is 0.449 e. The topological polar surface area (TPSA) is 91.0 Å². The van der Waals surface area contributed by atoms with Gasteiger partial charge in [-0.05, 0) is 58.2 Å². The van der Waals surface area contributed by atoms with Crippen LogP contribution in [-0.2, 0) is 14.3 Å². The molecule has 0 saturated carbocycles. The minimum atomic E-state index is -0.288. The summed E-state index contributed by atoms with van der Waals surface area (Å²) >= 11 is 0. The molecule has 1 atom stereocenters. The standard InChI is InChI=1S/C19H34N4O4/c1-3-4-12-27-19(26)23-9-5-6-15(14-23)13-17(24)20-21-18(25)16-7-10-22(2)11-8-16/h15-16H,3-14H2,1-2H3,(H,20,24)(H,21,25). The summed E-state index contributed by atoms with van der Waals surface area (Å²) in [6.07, 6.45) is 5.25. The average molecular weight is 383 g/mol. The van der Waals surface area contributed by atoms with Gasteiger partial charge in [-0.15, -0.1) is 0 Å². The van der Waals surface area contributed by atoms with Crippen molar-refractivity contribution in [2.45, 2.75) is 51.9 Å². The van der Waals surface area contributed by atoms with Crippen molar-refractivity contribution in [2.24, 2.45) is 11.8 Å². The zero-order valence-electron chi connectivity index (χ0n) is 16.7. The zero-order valence-corrected chi connectivity index (χ0v) is 16.7. The van der Waals surface area contributed by atoms with Gasteiger partial charge in [-0.2, -0.15) is 0 Å². The van der Waals surface area contributed by atoms with E-state index in [1.807, 2.05) is 7.05 Å². The smallest absolute Gasteiger partial charge is 0.409 e. The van der Waals surface area contributed by atoms with Crippen LogP contribution in [0.25, 0.3) is 0 Å². The Bertz CT molecular complexity index is 506. The highest BCUT2D eigenvalue weighted by Gasteiger charge is 2.27. The Labute approximate surface area is 161 Å². The number of hydrogen-bond donors (Lipinski definition) is 2. The van der Waals surface area contributed by atoms with Crippen LogP contribution in [0.3, 0.4) is 0 Å². The van der Waals surface area contributed by atoms with Gasteiger partial charge >= 0.3 is 6.09 Å². The molecule has 0 aromatic carbocycles. The minimum Gasteiger partial charge on any atom is -0.449 e. The summed E-state index contributed by atoms with van der Waals surface area (Å²) in [7, 11) is 2.04. The van der Waals surface area contributed by atoms with Gasteiger partial charge in [-0.1, -0.05) is 13.3 Å². The number of hydrazine groups is 1. The van der Waals surface area contributed by atoms with Crippen LogP contribution in [-0.4, -0.2) is 67.5 Å². The molecule has 0 spiro atoms. The molecule has 0 radical (unpaired) electrons. The van der Waals surface area contributed by atoms with Crippen LogP contribution in [0.1, 0.15) is 51.9 Å². The Morgan fingerprint density at radius 3 is 2.52 bits per heavy atom. The molecule has 2 aliphatic heterocycles. The molecule has 2 saturated heterocycles. The summed E-state index contributed by atoms with van der Waals surface area (Å²) in [6.45, 7) is 5.50. The molecular formula is C19H34N4O4. The summed E-state index contributed by atoms with van der Waals surface area (Å²) in [6, 6.07) is 0. The Morgan fingerprint density at radius 2 is 1.81 bits per heavy atom. The molecule has 0 bridgehead atoms. The number of piperidine rings is 2. The van der Waals surface area contributed by atoms with E-state index in [1.165, 1.54) is 0 Å². The van der Waals surface area contributed by atoms with Crippen LogP contribution < -0.4 is 10.9 Å². The number of likely N-dealkylation sites (tertiary alicyclic amines) is 2. The molecule has 2 fully saturated rings. The van der Waals surface area contributed by atoms with E-state index in [4.69, 9.17) is 4.74 Å². The van der Waals surface area contributed by atoms with Crippen molar-refractivity contribution in [1.29, 1.82) is 0 Å². The molecule has 2 rings (SSSR count). The van der Waals surface area contributed by atoms with Gasteiger partial charge in [-0.25, -0.2) is 4.79 Å². The van der Waals surface area contributed by atoms with Crippen molar-refractivity contribution in [3.05, 3.63) is 0 Å². The molecule has 8 heteroatoms. The maximum Gasteiger partial charge on any atom is 0.409 e. The maximum absolute atomic E-state index is 12.2. The van der Waals surface area contributed by atoms with Gasteiger partial charge in [0, 0.05) is 25.4 Å². The van der Waals surface area contributed by atoms with Gasteiger partial charge in [0.2, 0.25) is 11.8 Å². The maximum atomic E-state index is 12.2. The first-order chi connectivity index (χ1) is 13.0. The molecule has 2 aliphatic rings. The van der Waals surface area contributed by atoms with Gasteiger partial charge < -0.3 is 14.5 Å². The second-order valence-corrected chi connectivity index (χ2v) is 7.74. The van der Waals surface area contributed by atoms with Crippen molar-refractivity contribution < 1.29 is 19.1 Å². The van der Waals surface area contributed by atoms with Crippen molar-refractivity contribution in [1.82, 2.24) is 20.7 Å². The van der Waals surface area contributed by atoms with Crippen LogP contribution in [0.2, 0.25) is 0 Å². The Balaban J connectivity index is 1.67. The fourth-order valence-corrected chi connectivity index (χ4v) is 3.61.